The largest absolute Gasteiger partial charge is 0.464 e. The molecule has 1 aliphatic rings. The van der Waals surface area contributed by atoms with Crippen LogP contribution in [-0.2, 0) is 20.7 Å². The average molecular weight is 451 g/mol. The SMILES string of the molecule is CCOC(=O)C1(N(C(=O)CC)c2ccccc2)CCN(CCc2cccs2)CC1.Cl. The van der Waals surface area contributed by atoms with Crippen LogP contribution >= 0.6 is 23.7 Å². The van der Waals surface area contributed by atoms with E-state index in [0.717, 1.165) is 31.7 Å². The average Bonchev–Trinajstić information content (AvgIpc) is 3.28. The van der Waals surface area contributed by atoms with Crippen LogP contribution in [0, 0.1) is 0 Å². The predicted molar refractivity (Wildman–Crippen MR) is 125 cm³/mol. The standard InChI is InChI=1S/C23H30N2O3S.ClH/c1-3-21(26)25(19-9-6-5-7-10-19)23(22(27)28-4-2)13-16-24(17-14-23)15-12-20-11-8-18-29-20;/h5-11,18H,3-4,12-17H2,1-2H3;1H. The zero-order valence-corrected chi connectivity index (χ0v) is 19.3. The van der Waals surface area contributed by atoms with Crippen molar-refractivity contribution in [3.8, 4) is 0 Å². The first-order valence-corrected chi connectivity index (χ1v) is 11.3. The Balaban J connectivity index is 0.00000320. The number of hydrogen-bond donors (Lipinski definition) is 0. The predicted octanol–water partition coefficient (Wildman–Crippen LogP) is 4.55. The number of hydrogen-bond acceptors (Lipinski definition) is 5. The van der Waals surface area contributed by atoms with Crippen molar-refractivity contribution in [3.63, 3.8) is 0 Å². The second-order valence-electron chi connectivity index (χ2n) is 7.34. The Kier molecular flexibility index (Phi) is 9.34. The lowest BCUT2D eigenvalue weighted by Gasteiger charge is -2.46. The summed E-state index contributed by atoms with van der Waals surface area (Å²) in [5, 5.41) is 2.10. The quantitative estimate of drug-likeness (QED) is 0.553. The second kappa shape index (κ2) is 11.5. The molecule has 0 spiro atoms. The first kappa shape index (κ1) is 24.4. The van der Waals surface area contributed by atoms with E-state index in [0.29, 0.717) is 25.9 Å². The van der Waals surface area contributed by atoms with E-state index in [-0.39, 0.29) is 24.3 Å². The highest BCUT2D eigenvalue weighted by Gasteiger charge is 2.49. The van der Waals surface area contributed by atoms with Gasteiger partial charge < -0.3 is 9.64 Å². The summed E-state index contributed by atoms with van der Waals surface area (Å²) in [6.07, 6.45) is 2.52. The first-order valence-electron chi connectivity index (χ1n) is 10.4. The molecule has 1 aromatic heterocycles. The third-order valence-corrected chi connectivity index (χ3v) is 6.52. The van der Waals surface area contributed by atoms with Crippen molar-refractivity contribution in [2.75, 3.05) is 31.1 Å². The summed E-state index contributed by atoms with van der Waals surface area (Å²) >= 11 is 1.78. The molecule has 0 radical (unpaired) electrons. The molecule has 5 nitrogen and oxygen atoms in total. The minimum absolute atomic E-state index is 0. The van der Waals surface area contributed by atoms with Crippen molar-refractivity contribution >= 4 is 41.3 Å². The van der Waals surface area contributed by atoms with E-state index in [1.807, 2.05) is 44.2 Å². The van der Waals surface area contributed by atoms with Gasteiger partial charge in [0.15, 0.2) is 0 Å². The zero-order valence-electron chi connectivity index (χ0n) is 17.7. The number of piperidine rings is 1. The van der Waals surface area contributed by atoms with E-state index in [1.54, 1.807) is 16.2 Å². The number of ether oxygens (including phenoxy) is 1. The molecule has 2 aromatic rings. The molecule has 1 amide bonds. The monoisotopic (exact) mass is 450 g/mol. The van der Waals surface area contributed by atoms with Crippen LogP contribution < -0.4 is 4.90 Å². The number of amides is 1. The van der Waals surface area contributed by atoms with Gasteiger partial charge in [-0.2, -0.15) is 0 Å². The number of halogens is 1. The number of likely N-dealkylation sites (tertiary alicyclic amines) is 1. The van der Waals surface area contributed by atoms with Gasteiger partial charge in [0.2, 0.25) is 5.91 Å². The van der Waals surface area contributed by atoms with E-state index >= 15 is 0 Å². The number of nitrogens with zero attached hydrogens (tertiary/aromatic N) is 2. The first-order chi connectivity index (χ1) is 14.1. The summed E-state index contributed by atoms with van der Waals surface area (Å²) in [5.41, 5.74) is -0.177. The number of carbonyl (C=O) groups excluding carboxylic acids is 2. The number of benzene rings is 1. The molecule has 0 aliphatic carbocycles. The van der Waals surface area contributed by atoms with E-state index in [9.17, 15) is 9.59 Å². The number of carbonyl (C=O) groups is 2. The zero-order chi connectivity index (χ0) is 20.7. The molecule has 2 heterocycles. The normalized spacial score (nSPS) is 15.8. The van der Waals surface area contributed by atoms with Crippen molar-refractivity contribution < 1.29 is 14.3 Å². The molecule has 7 heteroatoms. The molecule has 0 unspecified atom stereocenters. The molecule has 30 heavy (non-hydrogen) atoms. The minimum atomic E-state index is -0.941. The lowest BCUT2D eigenvalue weighted by molar-refractivity contribution is -0.153. The van der Waals surface area contributed by atoms with Crippen LogP contribution in [0.2, 0.25) is 0 Å². The van der Waals surface area contributed by atoms with Gasteiger partial charge in [0.25, 0.3) is 0 Å². The Morgan fingerprint density at radius 2 is 1.80 bits per heavy atom. The lowest BCUT2D eigenvalue weighted by atomic mass is 9.84. The van der Waals surface area contributed by atoms with Crippen LogP contribution in [0.4, 0.5) is 5.69 Å². The number of rotatable bonds is 8. The van der Waals surface area contributed by atoms with Crippen LogP contribution in [0.15, 0.2) is 47.8 Å². The van der Waals surface area contributed by atoms with E-state index in [4.69, 9.17) is 4.74 Å². The lowest BCUT2D eigenvalue weighted by Crippen LogP contribution is -2.63. The van der Waals surface area contributed by atoms with Gasteiger partial charge in [-0.05, 0) is 49.8 Å². The molecule has 1 fully saturated rings. The highest BCUT2D eigenvalue weighted by atomic mass is 35.5. The summed E-state index contributed by atoms with van der Waals surface area (Å²) in [6, 6.07) is 13.8. The maximum absolute atomic E-state index is 13.2. The fourth-order valence-electron chi connectivity index (χ4n) is 4.02. The molecular formula is C23H31ClN2O3S. The Bertz CT molecular complexity index is 790. The highest BCUT2D eigenvalue weighted by molar-refractivity contribution is 7.09. The fraction of sp³-hybridized carbons (Fsp3) is 0.478. The summed E-state index contributed by atoms with van der Waals surface area (Å²) in [7, 11) is 0. The van der Waals surface area contributed by atoms with Crippen LogP contribution in [0.25, 0.3) is 0 Å². The second-order valence-corrected chi connectivity index (χ2v) is 8.37. The molecule has 0 N–H and O–H groups in total. The van der Waals surface area contributed by atoms with Crippen LogP contribution in [0.1, 0.15) is 38.0 Å². The number of para-hydroxylation sites is 1. The minimum Gasteiger partial charge on any atom is -0.464 e. The molecule has 3 rings (SSSR count). The van der Waals surface area contributed by atoms with Gasteiger partial charge in [-0.15, -0.1) is 23.7 Å². The molecular weight excluding hydrogens is 420 g/mol. The highest BCUT2D eigenvalue weighted by Crippen LogP contribution is 2.35. The van der Waals surface area contributed by atoms with Gasteiger partial charge >= 0.3 is 5.97 Å². The van der Waals surface area contributed by atoms with Crippen molar-refractivity contribution in [2.24, 2.45) is 0 Å². The topological polar surface area (TPSA) is 49.9 Å². The third-order valence-electron chi connectivity index (χ3n) is 5.59. The van der Waals surface area contributed by atoms with Gasteiger partial charge in [0, 0.05) is 36.6 Å². The molecule has 1 aromatic carbocycles. The van der Waals surface area contributed by atoms with Gasteiger partial charge in [-0.3, -0.25) is 9.69 Å². The van der Waals surface area contributed by atoms with Crippen LogP contribution in [0.5, 0.6) is 0 Å². The Hall–Kier alpha value is -1.89. The van der Waals surface area contributed by atoms with Crippen molar-refractivity contribution in [2.45, 2.75) is 45.1 Å². The molecule has 0 atom stereocenters. The fourth-order valence-corrected chi connectivity index (χ4v) is 4.72. The van der Waals surface area contributed by atoms with Gasteiger partial charge in [-0.1, -0.05) is 31.2 Å². The van der Waals surface area contributed by atoms with E-state index < -0.39 is 5.54 Å². The van der Waals surface area contributed by atoms with Crippen molar-refractivity contribution in [1.82, 2.24) is 4.90 Å². The third kappa shape index (κ3) is 5.42. The summed E-state index contributed by atoms with van der Waals surface area (Å²) in [4.78, 5) is 31.6. The summed E-state index contributed by atoms with van der Waals surface area (Å²) in [5.74, 6) is -0.333. The van der Waals surface area contributed by atoms with Gasteiger partial charge in [0.05, 0.1) is 6.61 Å². The number of anilines is 1. The summed E-state index contributed by atoms with van der Waals surface area (Å²) < 4.78 is 5.49. The number of esters is 1. The van der Waals surface area contributed by atoms with Gasteiger partial charge in [0.1, 0.15) is 5.54 Å². The Morgan fingerprint density at radius 3 is 2.37 bits per heavy atom. The van der Waals surface area contributed by atoms with E-state index in [2.05, 4.69) is 22.4 Å². The van der Waals surface area contributed by atoms with E-state index in [1.165, 1.54) is 4.88 Å². The maximum Gasteiger partial charge on any atom is 0.332 e. The molecule has 0 bridgehead atoms. The molecule has 164 valence electrons. The van der Waals surface area contributed by atoms with Crippen molar-refractivity contribution in [1.29, 1.82) is 0 Å². The number of thiophene rings is 1. The summed E-state index contributed by atoms with van der Waals surface area (Å²) in [6.45, 7) is 6.47. The molecule has 0 saturated carbocycles. The smallest absolute Gasteiger partial charge is 0.332 e. The maximum atomic E-state index is 13.2. The molecule has 1 aliphatic heterocycles. The van der Waals surface area contributed by atoms with Gasteiger partial charge in [-0.25, -0.2) is 4.79 Å². The van der Waals surface area contributed by atoms with Crippen LogP contribution in [-0.4, -0.2) is 48.6 Å². The van der Waals surface area contributed by atoms with Crippen molar-refractivity contribution in [3.05, 3.63) is 52.7 Å². The van der Waals surface area contributed by atoms with Crippen LogP contribution in [0.3, 0.4) is 0 Å². The Labute approximate surface area is 189 Å². The Morgan fingerprint density at radius 1 is 1.10 bits per heavy atom. The molecule has 1 saturated heterocycles.